The van der Waals surface area contributed by atoms with Gasteiger partial charge in [-0.1, -0.05) is 30.4 Å². The van der Waals surface area contributed by atoms with Crippen molar-refractivity contribution in [2.45, 2.75) is 6.42 Å². The third kappa shape index (κ3) is 2.92. The molecule has 0 spiro atoms. The van der Waals surface area contributed by atoms with Crippen molar-refractivity contribution in [3.05, 3.63) is 42.6 Å². The predicted octanol–water partition coefficient (Wildman–Crippen LogP) is 2.10. The van der Waals surface area contributed by atoms with Crippen LogP contribution in [-0.2, 0) is 0 Å². The first kappa shape index (κ1) is 9.93. The van der Waals surface area contributed by atoms with Crippen LogP contribution < -0.4 is 5.32 Å². The normalized spacial score (nSPS) is 14.7. The average Bonchev–Trinajstić information content (AvgIpc) is 2.80. The van der Waals surface area contributed by atoms with Crippen molar-refractivity contribution >= 4 is 10.9 Å². The van der Waals surface area contributed by atoms with Crippen LogP contribution in [0.15, 0.2) is 42.6 Å². The lowest BCUT2D eigenvalue weighted by atomic mass is 10.3. The van der Waals surface area contributed by atoms with Crippen LogP contribution >= 0.6 is 0 Å². The lowest BCUT2D eigenvalue weighted by Crippen LogP contribution is -2.17. The Bertz CT molecular complexity index is 393. The Morgan fingerprint density at radius 2 is 2.07 bits per heavy atom. The van der Waals surface area contributed by atoms with Crippen molar-refractivity contribution in [2.75, 3.05) is 13.1 Å². The number of benzene rings is 1. The SMILES string of the molecule is C1=CCNCC1.c1ccc2[nH]ncc2c1. The second-order valence-electron chi connectivity index (χ2n) is 3.42. The van der Waals surface area contributed by atoms with Gasteiger partial charge in [-0.2, -0.15) is 5.10 Å². The standard InChI is InChI=1S/C7H6N2.C5H9N/c1-2-4-7-6(3-1)5-8-9-7;1-2-4-6-5-3-1/h1-5H,(H,8,9);1-2,6H,3-5H2. The molecule has 3 rings (SSSR count). The van der Waals surface area contributed by atoms with Gasteiger partial charge in [0.2, 0.25) is 0 Å². The fraction of sp³-hybridized carbons (Fsp3) is 0.250. The summed E-state index contributed by atoms with van der Waals surface area (Å²) >= 11 is 0. The molecule has 2 heterocycles. The smallest absolute Gasteiger partial charge is 0.0650 e. The van der Waals surface area contributed by atoms with Gasteiger partial charge in [0.1, 0.15) is 0 Å². The number of rotatable bonds is 0. The summed E-state index contributed by atoms with van der Waals surface area (Å²) < 4.78 is 0. The van der Waals surface area contributed by atoms with E-state index >= 15 is 0 Å². The highest BCUT2D eigenvalue weighted by molar-refractivity contribution is 5.77. The van der Waals surface area contributed by atoms with E-state index in [-0.39, 0.29) is 0 Å². The van der Waals surface area contributed by atoms with E-state index in [4.69, 9.17) is 0 Å². The molecule has 0 bridgehead atoms. The number of para-hydroxylation sites is 1. The maximum atomic E-state index is 3.88. The first-order chi connectivity index (χ1) is 7.47. The summed E-state index contributed by atoms with van der Waals surface area (Å²) in [7, 11) is 0. The van der Waals surface area contributed by atoms with Gasteiger partial charge in [0.25, 0.3) is 0 Å². The van der Waals surface area contributed by atoms with Gasteiger partial charge >= 0.3 is 0 Å². The van der Waals surface area contributed by atoms with Gasteiger partial charge in [-0.25, -0.2) is 0 Å². The van der Waals surface area contributed by atoms with Gasteiger partial charge in [0.15, 0.2) is 0 Å². The summed E-state index contributed by atoms with van der Waals surface area (Å²) in [6.07, 6.45) is 7.38. The topological polar surface area (TPSA) is 40.7 Å². The second kappa shape index (κ2) is 5.32. The van der Waals surface area contributed by atoms with Crippen LogP contribution in [-0.4, -0.2) is 23.3 Å². The molecule has 0 fully saturated rings. The lowest BCUT2D eigenvalue weighted by molar-refractivity contribution is 0.728. The Morgan fingerprint density at radius 1 is 1.13 bits per heavy atom. The maximum Gasteiger partial charge on any atom is 0.0650 e. The number of hydrogen-bond donors (Lipinski definition) is 2. The highest BCUT2D eigenvalue weighted by Crippen LogP contribution is 2.06. The quantitative estimate of drug-likeness (QED) is 0.641. The Balaban J connectivity index is 0.000000124. The van der Waals surface area contributed by atoms with Crippen molar-refractivity contribution < 1.29 is 0 Å². The van der Waals surface area contributed by atoms with E-state index in [9.17, 15) is 0 Å². The molecule has 1 aromatic heterocycles. The lowest BCUT2D eigenvalue weighted by Gasteiger charge is -2.01. The zero-order valence-corrected chi connectivity index (χ0v) is 8.61. The molecule has 2 N–H and O–H groups in total. The van der Waals surface area contributed by atoms with Crippen LogP contribution in [0, 0.1) is 0 Å². The Labute approximate surface area is 89.2 Å². The van der Waals surface area contributed by atoms with E-state index in [0.717, 1.165) is 24.0 Å². The summed E-state index contributed by atoms with van der Waals surface area (Å²) in [5.74, 6) is 0. The molecule has 0 radical (unpaired) electrons. The molecular formula is C12H15N3. The molecule has 0 atom stereocenters. The van der Waals surface area contributed by atoms with Gasteiger partial charge in [-0.3, -0.25) is 5.10 Å². The first-order valence-electron chi connectivity index (χ1n) is 5.20. The molecule has 0 saturated heterocycles. The number of nitrogens with one attached hydrogen (secondary N) is 2. The number of nitrogens with zero attached hydrogens (tertiary/aromatic N) is 1. The summed E-state index contributed by atoms with van der Waals surface area (Å²) in [5.41, 5.74) is 1.09. The summed E-state index contributed by atoms with van der Waals surface area (Å²) in [6.45, 7) is 2.23. The second-order valence-corrected chi connectivity index (χ2v) is 3.42. The molecule has 1 aliphatic rings. The van der Waals surface area contributed by atoms with Crippen molar-refractivity contribution in [3.63, 3.8) is 0 Å². The summed E-state index contributed by atoms with van der Waals surface area (Å²) in [4.78, 5) is 0. The molecule has 2 aromatic rings. The van der Waals surface area contributed by atoms with Crippen LogP contribution in [0.2, 0.25) is 0 Å². The molecule has 0 amide bonds. The average molecular weight is 201 g/mol. The first-order valence-corrected chi connectivity index (χ1v) is 5.20. The monoisotopic (exact) mass is 201 g/mol. The van der Waals surface area contributed by atoms with Crippen LogP contribution in [0.3, 0.4) is 0 Å². The minimum absolute atomic E-state index is 1.07. The molecule has 0 unspecified atom stereocenters. The van der Waals surface area contributed by atoms with Crippen molar-refractivity contribution in [2.24, 2.45) is 0 Å². The zero-order chi connectivity index (χ0) is 10.3. The molecule has 15 heavy (non-hydrogen) atoms. The van der Waals surface area contributed by atoms with Gasteiger partial charge in [-0.05, 0) is 19.0 Å². The number of H-pyrrole nitrogens is 1. The van der Waals surface area contributed by atoms with Gasteiger partial charge in [-0.15, -0.1) is 0 Å². The van der Waals surface area contributed by atoms with Gasteiger partial charge < -0.3 is 5.32 Å². The molecule has 1 aliphatic heterocycles. The number of hydrogen-bond acceptors (Lipinski definition) is 2. The summed E-state index contributed by atoms with van der Waals surface area (Å²) in [5, 5.41) is 11.1. The van der Waals surface area contributed by atoms with Crippen LogP contribution in [0.1, 0.15) is 6.42 Å². The third-order valence-corrected chi connectivity index (χ3v) is 2.27. The highest BCUT2D eigenvalue weighted by atomic mass is 15.1. The molecule has 3 nitrogen and oxygen atoms in total. The number of fused-ring (bicyclic) bond motifs is 1. The largest absolute Gasteiger partial charge is 0.313 e. The molecule has 0 saturated carbocycles. The predicted molar refractivity (Wildman–Crippen MR) is 62.7 cm³/mol. The van der Waals surface area contributed by atoms with Crippen LogP contribution in [0.5, 0.6) is 0 Å². The Hall–Kier alpha value is -1.61. The fourth-order valence-corrected chi connectivity index (χ4v) is 1.45. The number of aromatic nitrogens is 2. The van der Waals surface area contributed by atoms with Crippen LogP contribution in [0.25, 0.3) is 10.9 Å². The minimum Gasteiger partial charge on any atom is -0.313 e. The summed E-state index contributed by atoms with van der Waals surface area (Å²) in [6, 6.07) is 8.01. The third-order valence-electron chi connectivity index (χ3n) is 2.27. The van der Waals surface area contributed by atoms with E-state index in [1.807, 2.05) is 30.5 Å². The maximum absolute atomic E-state index is 3.88. The molecule has 3 heteroatoms. The van der Waals surface area contributed by atoms with E-state index in [2.05, 4.69) is 27.7 Å². The van der Waals surface area contributed by atoms with Crippen molar-refractivity contribution in [1.82, 2.24) is 15.5 Å². The molecule has 78 valence electrons. The van der Waals surface area contributed by atoms with Gasteiger partial charge in [0.05, 0.1) is 11.7 Å². The highest BCUT2D eigenvalue weighted by Gasteiger charge is 1.88. The van der Waals surface area contributed by atoms with E-state index < -0.39 is 0 Å². The van der Waals surface area contributed by atoms with E-state index in [1.54, 1.807) is 0 Å². The molecule has 1 aromatic carbocycles. The fourth-order valence-electron chi connectivity index (χ4n) is 1.45. The van der Waals surface area contributed by atoms with Crippen LogP contribution in [0.4, 0.5) is 0 Å². The van der Waals surface area contributed by atoms with Crippen molar-refractivity contribution in [1.29, 1.82) is 0 Å². The Kier molecular flexibility index (Phi) is 3.52. The molecular weight excluding hydrogens is 186 g/mol. The zero-order valence-electron chi connectivity index (χ0n) is 8.61. The van der Waals surface area contributed by atoms with E-state index in [1.165, 1.54) is 6.42 Å². The Morgan fingerprint density at radius 3 is 2.67 bits per heavy atom. The van der Waals surface area contributed by atoms with E-state index in [0.29, 0.717) is 0 Å². The minimum atomic E-state index is 1.07. The van der Waals surface area contributed by atoms with Gasteiger partial charge in [0, 0.05) is 11.9 Å². The number of aromatic amines is 1. The van der Waals surface area contributed by atoms with Crippen molar-refractivity contribution in [3.8, 4) is 0 Å². The molecule has 0 aliphatic carbocycles.